The Hall–Kier alpha value is -2.16. The number of nitrogens with zero attached hydrogens (tertiary/aromatic N) is 4. The Balaban J connectivity index is 1.16. The van der Waals surface area contributed by atoms with Crippen LogP contribution in [0.5, 0.6) is 0 Å². The highest BCUT2D eigenvalue weighted by atomic mass is 32.2. The lowest BCUT2D eigenvalue weighted by atomic mass is 10.2. The molecule has 168 valence electrons. The maximum absolute atomic E-state index is 12.9. The molecule has 1 aromatic carbocycles. The highest BCUT2D eigenvalue weighted by Gasteiger charge is 2.32. The Morgan fingerprint density at radius 1 is 1.19 bits per heavy atom. The van der Waals surface area contributed by atoms with Crippen molar-refractivity contribution in [3.8, 4) is 0 Å². The average Bonchev–Trinajstić information content (AvgIpc) is 3.14. The Morgan fingerprint density at radius 3 is 2.78 bits per heavy atom. The van der Waals surface area contributed by atoms with Gasteiger partial charge in [0.25, 0.3) is 0 Å². The van der Waals surface area contributed by atoms with E-state index in [1.54, 1.807) is 11.3 Å². The molecular formula is C24H29N5OS2. The predicted molar refractivity (Wildman–Crippen MR) is 129 cm³/mol. The molecule has 1 N–H and O–H groups in total. The van der Waals surface area contributed by atoms with Crippen LogP contribution in [-0.2, 0) is 17.8 Å². The summed E-state index contributed by atoms with van der Waals surface area (Å²) in [4.78, 5) is 16.6. The summed E-state index contributed by atoms with van der Waals surface area (Å²) < 4.78 is 2.27. The van der Waals surface area contributed by atoms with Crippen molar-refractivity contribution < 1.29 is 4.79 Å². The van der Waals surface area contributed by atoms with Crippen LogP contribution in [0, 0.1) is 0 Å². The number of carbonyl (C=O) groups excluding carboxylic acids is 1. The van der Waals surface area contributed by atoms with Crippen molar-refractivity contribution in [2.75, 3.05) is 13.1 Å². The number of amides is 1. The summed E-state index contributed by atoms with van der Waals surface area (Å²) in [6.07, 6.45) is 4.15. The van der Waals surface area contributed by atoms with Gasteiger partial charge in [-0.25, -0.2) is 0 Å². The first-order valence-corrected chi connectivity index (χ1v) is 13.1. The molecule has 0 bridgehead atoms. The summed E-state index contributed by atoms with van der Waals surface area (Å²) in [5.74, 6) is 1.10. The molecule has 2 aromatic heterocycles. The minimum atomic E-state index is -0.200. The lowest BCUT2D eigenvalue weighted by Gasteiger charge is -2.18. The van der Waals surface area contributed by atoms with Gasteiger partial charge in [-0.05, 0) is 43.2 Å². The van der Waals surface area contributed by atoms with E-state index < -0.39 is 0 Å². The largest absolute Gasteiger partial charge is 0.351 e. The van der Waals surface area contributed by atoms with E-state index in [4.69, 9.17) is 0 Å². The van der Waals surface area contributed by atoms with Gasteiger partial charge in [-0.3, -0.25) is 9.69 Å². The fourth-order valence-electron chi connectivity index (χ4n) is 4.24. The lowest BCUT2D eigenvalue weighted by molar-refractivity contribution is -0.120. The number of hydrogen-bond donors (Lipinski definition) is 1. The second kappa shape index (κ2) is 9.77. The highest BCUT2D eigenvalue weighted by molar-refractivity contribution is 8.00. The molecule has 0 spiro atoms. The van der Waals surface area contributed by atoms with Crippen molar-refractivity contribution in [2.45, 2.75) is 61.6 Å². The average molecular weight is 468 g/mol. The number of rotatable bonds is 9. The fraction of sp³-hybridized carbons (Fsp3) is 0.458. The third-order valence-electron chi connectivity index (χ3n) is 6.08. The molecule has 5 rings (SSSR count). The smallest absolute Gasteiger partial charge is 0.233 e. The number of thiophene rings is 1. The van der Waals surface area contributed by atoms with E-state index in [1.165, 1.54) is 35.0 Å². The van der Waals surface area contributed by atoms with Gasteiger partial charge in [-0.1, -0.05) is 48.2 Å². The molecule has 32 heavy (non-hydrogen) atoms. The van der Waals surface area contributed by atoms with Crippen molar-refractivity contribution in [3.05, 3.63) is 64.1 Å². The van der Waals surface area contributed by atoms with E-state index in [2.05, 4.69) is 66.8 Å². The van der Waals surface area contributed by atoms with Crippen LogP contribution < -0.4 is 5.32 Å². The minimum absolute atomic E-state index is 0.0896. The summed E-state index contributed by atoms with van der Waals surface area (Å²) in [6, 6.07) is 15.4. The standard InChI is InChI=1S/C24H29N5OS2/c1-17(23(30)25-19-11-12-28(16-19)15-18-6-3-2-4-7-18)32-24-27-26-22(29(24)20-9-10-20)14-21-8-5-13-31-21/h2-8,13,17,19-20H,9-12,14-16H2,1H3,(H,25,30). The van der Waals surface area contributed by atoms with Gasteiger partial charge in [0.15, 0.2) is 5.16 Å². The van der Waals surface area contributed by atoms with Crippen LogP contribution in [0.25, 0.3) is 0 Å². The number of benzene rings is 1. The molecule has 3 heterocycles. The van der Waals surface area contributed by atoms with E-state index in [-0.39, 0.29) is 17.2 Å². The third kappa shape index (κ3) is 5.24. The molecule has 3 aromatic rings. The van der Waals surface area contributed by atoms with Crippen LogP contribution >= 0.6 is 23.1 Å². The van der Waals surface area contributed by atoms with Crippen molar-refractivity contribution in [1.82, 2.24) is 25.0 Å². The zero-order valence-corrected chi connectivity index (χ0v) is 19.9. The molecule has 6 nitrogen and oxygen atoms in total. The number of thioether (sulfide) groups is 1. The van der Waals surface area contributed by atoms with Crippen molar-refractivity contribution in [2.24, 2.45) is 0 Å². The van der Waals surface area contributed by atoms with Crippen LogP contribution in [-0.4, -0.2) is 50.0 Å². The molecule has 1 amide bonds. The summed E-state index contributed by atoms with van der Waals surface area (Å²) in [5.41, 5.74) is 1.32. The fourth-order valence-corrected chi connectivity index (χ4v) is 5.89. The number of hydrogen-bond acceptors (Lipinski definition) is 6. The Morgan fingerprint density at radius 2 is 2.03 bits per heavy atom. The van der Waals surface area contributed by atoms with Gasteiger partial charge in [-0.15, -0.1) is 21.5 Å². The quantitative estimate of drug-likeness (QED) is 0.479. The molecule has 2 atom stereocenters. The lowest BCUT2D eigenvalue weighted by Crippen LogP contribution is -2.40. The Labute approximate surface area is 197 Å². The zero-order valence-electron chi connectivity index (χ0n) is 18.3. The van der Waals surface area contributed by atoms with E-state index in [1.807, 2.05) is 13.0 Å². The second-order valence-corrected chi connectivity index (χ2v) is 11.1. The molecule has 1 saturated carbocycles. The maximum atomic E-state index is 12.9. The first-order chi connectivity index (χ1) is 15.7. The molecule has 1 aliphatic carbocycles. The predicted octanol–water partition coefficient (Wildman–Crippen LogP) is 4.14. The van der Waals surface area contributed by atoms with Gasteiger partial charge in [-0.2, -0.15) is 0 Å². The summed E-state index contributed by atoms with van der Waals surface area (Å²) in [7, 11) is 0. The molecule has 8 heteroatoms. The van der Waals surface area contributed by atoms with Crippen LogP contribution in [0.2, 0.25) is 0 Å². The Kier molecular flexibility index (Phi) is 6.62. The van der Waals surface area contributed by atoms with Crippen LogP contribution in [0.15, 0.2) is 53.0 Å². The van der Waals surface area contributed by atoms with Gasteiger partial charge >= 0.3 is 0 Å². The minimum Gasteiger partial charge on any atom is -0.351 e. The molecule has 2 aliphatic rings. The monoisotopic (exact) mass is 467 g/mol. The Bertz CT molecular complexity index is 1030. The first kappa shape index (κ1) is 21.7. The van der Waals surface area contributed by atoms with Gasteiger partial charge in [0.1, 0.15) is 5.82 Å². The van der Waals surface area contributed by atoms with Crippen LogP contribution in [0.4, 0.5) is 0 Å². The number of carbonyl (C=O) groups is 1. The summed E-state index contributed by atoms with van der Waals surface area (Å²) in [5, 5.41) is 15.0. The van der Waals surface area contributed by atoms with E-state index in [9.17, 15) is 4.79 Å². The van der Waals surface area contributed by atoms with E-state index >= 15 is 0 Å². The number of likely N-dealkylation sites (tertiary alicyclic amines) is 1. The molecule has 2 fully saturated rings. The molecule has 1 saturated heterocycles. The van der Waals surface area contributed by atoms with E-state index in [0.29, 0.717) is 6.04 Å². The first-order valence-electron chi connectivity index (χ1n) is 11.3. The normalized spacial score (nSPS) is 19.8. The summed E-state index contributed by atoms with van der Waals surface area (Å²) in [6.45, 7) is 4.83. The number of nitrogens with one attached hydrogen (secondary N) is 1. The zero-order chi connectivity index (χ0) is 21.9. The molecule has 2 unspecified atom stereocenters. The van der Waals surface area contributed by atoms with Gasteiger partial charge in [0.05, 0.1) is 5.25 Å². The van der Waals surface area contributed by atoms with Gasteiger partial charge in [0.2, 0.25) is 5.91 Å². The van der Waals surface area contributed by atoms with Crippen molar-refractivity contribution in [1.29, 1.82) is 0 Å². The van der Waals surface area contributed by atoms with Crippen molar-refractivity contribution in [3.63, 3.8) is 0 Å². The summed E-state index contributed by atoms with van der Waals surface area (Å²) >= 11 is 3.28. The molecule has 0 radical (unpaired) electrons. The molecule has 1 aliphatic heterocycles. The van der Waals surface area contributed by atoms with Crippen LogP contribution in [0.3, 0.4) is 0 Å². The van der Waals surface area contributed by atoms with Gasteiger partial charge in [0, 0.05) is 43.0 Å². The topological polar surface area (TPSA) is 63.1 Å². The van der Waals surface area contributed by atoms with Crippen molar-refractivity contribution >= 4 is 29.0 Å². The second-order valence-electron chi connectivity index (χ2n) is 8.73. The SMILES string of the molecule is CC(Sc1nnc(Cc2cccs2)n1C1CC1)C(=O)NC1CCN(Cc2ccccc2)C1. The number of aromatic nitrogens is 3. The maximum Gasteiger partial charge on any atom is 0.233 e. The highest BCUT2D eigenvalue weighted by Crippen LogP contribution is 2.40. The third-order valence-corrected chi connectivity index (χ3v) is 8.01. The van der Waals surface area contributed by atoms with Crippen LogP contribution in [0.1, 0.15) is 48.5 Å². The van der Waals surface area contributed by atoms with E-state index in [0.717, 1.165) is 43.5 Å². The molecular weight excluding hydrogens is 438 g/mol. The van der Waals surface area contributed by atoms with Gasteiger partial charge < -0.3 is 9.88 Å².